The van der Waals surface area contributed by atoms with Crippen LogP contribution in [0.25, 0.3) is 0 Å². The monoisotopic (exact) mass is 296 g/mol. The van der Waals surface area contributed by atoms with Crippen LogP contribution >= 0.6 is 0 Å². The van der Waals surface area contributed by atoms with E-state index in [0.717, 1.165) is 5.46 Å². The van der Waals surface area contributed by atoms with Gasteiger partial charge >= 0.3 is 7.12 Å². The molecule has 0 saturated carbocycles. The molecule has 1 amide bonds. The second-order valence-corrected chi connectivity index (χ2v) is 5.81. The Hall–Kier alpha value is -2.18. The zero-order valence-corrected chi connectivity index (χ0v) is 12.6. The molecule has 0 atom stereocenters. The van der Waals surface area contributed by atoms with Crippen LogP contribution in [0.15, 0.2) is 48.7 Å². The summed E-state index contributed by atoms with van der Waals surface area (Å²) in [5, 5.41) is 2.75. The van der Waals surface area contributed by atoms with Gasteiger partial charge in [-0.25, -0.2) is 4.98 Å². The molecule has 1 aromatic carbocycles. The maximum atomic E-state index is 12.1. The Kier molecular flexibility index (Phi) is 3.96. The second kappa shape index (κ2) is 5.91. The Labute approximate surface area is 129 Å². The summed E-state index contributed by atoms with van der Waals surface area (Å²) in [7, 11) is -0.372. The van der Waals surface area contributed by atoms with Crippen molar-refractivity contribution < 1.29 is 14.1 Å². The largest absolute Gasteiger partial charge is 0.494 e. The van der Waals surface area contributed by atoms with Crippen molar-refractivity contribution in [3.05, 3.63) is 54.2 Å². The van der Waals surface area contributed by atoms with Crippen LogP contribution in [0.3, 0.4) is 0 Å². The highest BCUT2D eigenvalue weighted by molar-refractivity contribution is 6.61. The van der Waals surface area contributed by atoms with Gasteiger partial charge in [0.2, 0.25) is 0 Å². The van der Waals surface area contributed by atoms with Crippen molar-refractivity contribution >= 4 is 24.3 Å². The zero-order chi connectivity index (χ0) is 15.6. The first kappa shape index (κ1) is 14.7. The van der Waals surface area contributed by atoms with E-state index in [9.17, 15) is 4.79 Å². The molecule has 112 valence electrons. The SMILES string of the molecule is CC1(C)COB(c2ccc(C(=O)Nc3ccccn3)cc2)O1. The first-order chi connectivity index (χ1) is 10.5. The van der Waals surface area contributed by atoms with Crippen molar-refractivity contribution in [1.29, 1.82) is 0 Å². The van der Waals surface area contributed by atoms with E-state index in [0.29, 0.717) is 18.0 Å². The van der Waals surface area contributed by atoms with E-state index in [4.69, 9.17) is 9.31 Å². The van der Waals surface area contributed by atoms with Crippen molar-refractivity contribution in [2.75, 3.05) is 11.9 Å². The minimum atomic E-state index is -0.372. The Morgan fingerprint density at radius 1 is 1.23 bits per heavy atom. The number of aromatic nitrogens is 1. The van der Waals surface area contributed by atoms with Gasteiger partial charge in [0, 0.05) is 11.8 Å². The fourth-order valence-corrected chi connectivity index (χ4v) is 2.22. The van der Waals surface area contributed by atoms with Gasteiger partial charge in [-0.2, -0.15) is 0 Å². The lowest BCUT2D eigenvalue weighted by Crippen LogP contribution is -2.34. The predicted molar refractivity (Wildman–Crippen MR) is 85.1 cm³/mol. The molecule has 2 heterocycles. The topological polar surface area (TPSA) is 60.5 Å². The molecule has 0 unspecified atom stereocenters. The van der Waals surface area contributed by atoms with Gasteiger partial charge in [0.15, 0.2) is 0 Å². The van der Waals surface area contributed by atoms with Gasteiger partial charge in [-0.1, -0.05) is 18.2 Å². The lowest BCUT2D eigenvalue weighted by molar-refractivity contribution is 0.102. The quantitative estimate of drug-likeness (QED) is 0.878. The Bertz CT molecular complexity index is 659. The highest BCUT2D eigenvalue weighted by atomic mass is 16.7. The van der Waals surface area contributed by atoms with E-state index < -0.39 is 0 Å². The van der Waals surface area contributed by atoms with Crippen molar-refractivity contribution in [1.82, 2.24) is 4.98 Å². The van der Waals surface area contributed by atoms with E-state index in [-0.39, 0.29) is 18.6 Å². The maximum absolute atomic E-state index is 12.1. The molecular weight excluding hydrogens is 279 g/mol. The molecule has 1 aliphatic rings. The van der Waals surface area contributed by atoms with Gasteiger partial charge in [-0.15, -0.1) is 0 Å². The predicted octanol–water partition coefficient (Wildman–Crippen LogP) is 1.85. The summed E-state index contributed by atoms with van der Waals surface area (Å²) in [5.74, 6) is 0.333. The van der Waals surface area contributed by atoms with Crippen LogP contribution in [-0.2, 0) is 9.31 Å². The number of carbonyl (C=O) groups excluding carboxylic acids is 1. The van der Waals surface area contributed by atoms with Gasteiger partial charge in [-0.3, -0.25) is 4.79 Å². The number of hydrogen-bond acceptors (Lipinski definition) is 4. The van der Waals surface area contributed by atoms with Gasteiger partial charge in [-0.05, 0) is 43.6 Å². The Balaban J connectivity index is 1.68. The summed E-state index contributed by atoms with van der Waals surface area (Å²) in [4.78, 5) is 16.2. The number of benzene rings is 1. The van der Waals surface area contributed by atoms with Crippen LogP contribution in [0.5, 0.6) is 0 Å². The number of rotatable bonds is 3. The smallest absolute Gasteiger partial charge is 0.404 e. The highest BCUT2D eigenvalue weighted by Gasteiger charge is 2.37. The van der Waals surface area contributed by atoms with E-state index in [1.807, 2.05) is 32.0 Å². The van der Waals surface area contributed by atoms with E-state index >= 15 is 0 Å². The zero-order valence-electron chi connectivity index (χ0n) is 12.6. The minimum absolute atomic E-state index is 0.196. The molecule has 3 rings (SSSR count). The number of hydrogen-bond donors (Lipinski definition) is 1. The molecule has 6 heteroatoms. The van der Waals surface area contributed by atoms with Crippen LogP contribution < -0.4 is 10.8 Å². The standard InChI is InChI=1S/C16H17BN2O3/c1-16(2)11-21-17(22-16)13-8-6-12(7-9-13)15(20)19-14-5-3-4-10-18-14/h3-10H,11H2,1-2H3,(H,18,19,20). The van der Waals surface area contributed by atoms with Crippen molar-refractivity contribution in [3.63, 3.8) is 0 Å². The molecule has 2 aromatic rings. The molecule has 0 radical (unpaired) electrons. The highest BCUT2D eigenvalue weighted by Crippen LogP contribution is 2.19. The third kappa shape index (κ3) is 3.35. The van der Waals surface area contributed by atoms with Crippen LogP contribution in [0.1, 0.15) is 24.2 Å². The summed E-state index contributed by atoms with van der Waals surface area (Å²) >= 11 is 0. The number of nitrogens with zero attached hydrogens (tertiary/aromatic N) is 1. The molecule has 0 aliphatic carbocycles. The number of anilines is 1. The van der Waals surface area contributed by atoms with Gasteiger partial charge in [0.1, 0.15) is 5.82 Å². The fraction of sp³-hybridized carbons (Fsp3) is 0.250. The molecule has 1 aromatic heterocycles. The van der Waals surface area contributed by atoms with Crippen molar-refractivity contribution in [3.8, 4) is 0 Å². The number of nitrogens with one attached hydrogen (secondary N) is 1. The summed E-state index contributed by atoms with van der Waals surface area (Å²) in [6.07, 6.45) is 1.63. The van der Waals surface area contributed by atoms with Crippen molar-refractivity contribution in [2.24, 2.45) is 0 Å². The third-order valence-electron chi connectivity index (χ3n) is 3.36. The lowest BCUT2D eigenvalue weighted by Gasteiger charge is -2.15. The molecule has 1 fully saturated rings. The van der Waals surface area contributed by atoms with Gasteiger partial charge in [0.05, 0.1) is 12.2 Å². The summed E-state index contributed by atoms with van der Waals surface area (Å²) < 4.78 is 11.4. The van der Waals surface area contributed by atoms with Gasteiger partial charge < -0.3 is 14.6 Å². The van der Waals surface area contributed by atoms with Crippen LogP contribution in [0, 0.1) is 0 Å². The molecule has 22 heavy (non-hydrogen) atoms. The average Bonchev–Trinajstić information content (AvgIpc) is 2.88. The third-order valence-corrected chi connectivity index (χ3v) is 3.36. The van der Waals surface area contributed by atoms with Crippen molar-refractivity contribution in [2.45, 2.75) is 19.4 Å². The molecule has 0 spiro atoms. The van der Waals surface area contributed by atoms with Crippen LogP contribution in [0.2, 0.25) is 0 Å². The van der Waals surface area contributed by atoms with E-state index in [2.05, 4.69) is 10.3 Å². The molecule has 0 bridgehead atoms. The summed E-state index contributed by atoms with van der Waals surface area (Å²) in [6, 6.07) is 12.6. The Morgan fingerprint density at radius 3 is 2.59 bits per heavy atom. The van der Waals surface area contributed by atoms with Gasteiger partial charge in [0.25, 0.3) is 5.91 Å². The normalized spacial score (nSPS) is 16.5. The average molecular weight is 296 g/mol. The molecule has 1 N–H and O–H groups in total. The second-order valence-electron chi connectivity index (χ2n) is 5.81. The Morgan fingerprint density at radius 2 is 2.00 bits per heavy atom. The number of amides is 1. The lowest BCUT2D eigenvalue weighted by atomic mass is 9.79. The molecular formula is C16H17BN2O3. The van der Waals surface area contributed by atoms with Crippen LogP contribution in [-0.4, -0.2) is 30.2 Å². The summed E-state index contributed by atoms with van der Waals surface area (Å²) in [5.41, 5.74) is 1.19. The maximum Gasteiger partial charge on any atom is 0.494 e. The van der Waals surface area contributed by atoms with E-state index in [1.54, 1.807) is 30.5 Å². The molecule has 1 aliphatic heterocycles. The minimum Gasteiger partial charge on any atom is -0.404 e. The fourth-order valence-electron chi connectivity index (χ4n) is 2.22. The molecule has 5 nitrogen and oxygen atoms in total. The first-order valence-electron chi connectivity index (χ1n) is 7.15. The molecule has 1 saturated heterocycles. The number of pyridine rings is 1. The van der Waals surface area contributed by atoms with Crippen LogP contribution in [0.4, 0.5) is 5.82 Å². The number of carbonyl (C=O) groups is 1. The first-order valence-corrected chi connectivity index (χ1v) is 7.15. The van der Waals surface area contributed by atoms with E-state index in [1.165, 1.54) is 0 Å². The summed E-state index contributed by atoms with van der Waals surface area (Å²) in [6.45, 7) is 4.53.